The highest BCUT2D eigenvalue weighted by Crippen LogP contribution is 2.19. The second kappa shape index (κ2) is 6.52. The Morgan fingerprint density at radius 3 is 2.61 bits per heavy atom. The molecule has 0 saturated heterocycles. The van der Waals surface area contributed by atoms with Crippen LogP contribution in [0.3, 0.4) is 0 Å². The van der Waals surface area contributed by atoms with E-state index in [1.54, 1.807) is 13.8 Å². The van der Waals surface area contributed by atoms with E-state index in [-0.39, 0.29) is 5.91 Å². The second-order valence-electron chi connectivity index (χ2n) is 4.46. The SMILES string of the molecule is CCOCc1ccccc1NC(=O)C(C)(C)OC. The smallest absolute Gasteiger partial charge is 0.256 e. The van der Waals surface area contributed by atoms with Crippen molar-refractivity contribution < 1.29 is 14.3 Å². The first-order valence-electron chi connectivity index (χ1n) is 6.03. The quantitative estimate of drug-likeness (QED) is 0.845. The molecule has 18 heavy (non-hydrogen) atoms. The minimum absolute atomic E-state index is 0.172. The Bertz CT molecular complexity index is 402. The predicted molar refractivity (Wildman–Crippen MR) is 71.5 cm³/mol. The first kappa shape index (κ1) is 14.7. The fourth-order valence-electron chi connectivity index (χ4n) is 1.35. The van der Waals surface area contributed by atoms with Crippen LogP contribution in [0.25, 0.3) is 0 Å². The van der Waals surface area contributed by atoms with E-state index in [0.717, 1.165) is 11.3 Å². The van der Waals surface area contributed by atoms with Gasteiger partial charge in [-0.15, -0.1) is 0 Å². The number of carbonyl (C=O) groups excluding carboxylic acids is 1. The number of hydrogen-bond acceptors (Lipinski definition) is 3. The molecule has 4 nitrogen and oxygen atoms in total. The molecule has 1 N–H and O–H groups in total. The largest absolute Gasteiger partial charge is 0.377 e. The number of amides is 1. The fourth-order valence-corrected chi connectivity index (χ4v) is 1.35. The van der Waals surface area contributed by atoms with Crippen LogP contribution in [0.15, 0.2) is 24.3 Å². The molecule has 0 aliphatic heterocycles. The van der Waals surface area contributed by atoms with Gasteiger partial charge >= 0.3 is 0 Å². The Kier molecular flexibility index (Phi) is 5.31. The van der Waals surface area contributed by atoms with Crippen molar-refractivity contribution in [2.24, 2.45) is 0 Å². The van der Waals surface area contributed by atoms with Gasteiger partial charge in [-0.3, -0.25) is 4.79 Å². The number of anilines is 1. The number of benzene rings is 1. The summed E-state index contributed by atoms with van der Waals surface area (Å²) in [5, 5.41) is 2.87. The summed E-state index contributed by atoms with van der Waals surface area (Å²) in [7, 11) is 1.52. The van der Waals surface area contributed by atoms with Crippen LogP contribution in [-0.2, 0) is 20.9 Å². The van der Waals surface area contributed by atoms with Gasteiger partial charge in [0.05, 0.1) is 6.61 Å². The third-order valence-corrected chi connectivity index (χ3v) is 2.78. The summed E-state index contributed by atoms with van der Waals surface area (Å²) in [5.74, 6) is -0.172. The molecule has 0 spiro atoms. The van der Waals surface area contributed by atoms with Crippen molar-refractivity contribution in [2.75, 3.05) is 19.0 Å². The molecule has 0 aliphatic rings. The Balaban J connectivity index is 2.81. The second-order valence-corrected chi connectivity index (χ2v) is 4.46. The summed E-state index contributed by atoms with van der Waals surface area (Å²) >= 11 is 0. The van der Waals surface area contributed by atoms with E-state index < -0.39 is 5.60 Å². The molecule has 0 bridgehead atoms. The van der Waals surface area contributed by atoms with Crippen molar-refractivity contribution in [3.05, 3.63) is 29.8 Å². The van der Waals surface area contributed by atoms with Gasteiger partial charge in [-0.25, -0.2) is 0 Å². The van der Waals surface area contributed by atoms with Crippen molar-refractivity contribution in [3.63, 3.8) is 0 Å². The molecule has 0 atom stereocenters. The minimum atomic E-state index is -0.848. The third-order valence-electron chi connectivity index (χ3n) is 2.78. The molecule has 1 aromatic carbocycles. The van der Waals surface area contributed by atoms with Crippen LogP contribution in [0.5, 0.6) is 0 Å². The molecule has 0 unspecified atom stereocenters. The van der Waals surface area contributed by atoms with E-state index in [4.69, 9.17) is 9.47 Å². The van der Waals surface area contributed by atoms with Crippen LogP contribution in [0.1, 0.15) is 26.3 Å². The minimum Gasteiger partial charge on any atom is -0.377 e. The van der Waals surface area contributed by atoms with E-state index in [9.17, 15) is 4.79 Å². The third kappa shape index (κ3) is 3.82. The van der Waals surface area contributed by atoms with Gasteiger partial charge in [0.15, 0.2) is 0 Å². The Labute approximate surface area is 108 Å². The molecule has 1 amide bonds. The van der Waals surface area contributed by atoms with Gasteiger partial charge in [-0.05, 0) is 26.8 Å². The Morgan fingerprint density at radius 1 is 1.33 bits per heavy atom. The molecular weight excluding hydrogens is 230 g/mol. The molecule has 4 heteroatoms. The number of para-hydroxylation sites is 1. The van der Waals surface area contributed by atoms with E-state index in [2.05, 4.69) is 5.32 Å². The van der Waals surface area contributed by atoms with E-state index in [0.29, 0.717) is 13.2 Å². The first-order chi connectivity index (χ1) is 8.51. The molecule has 100 valence electrons. The first-order valence-corrected chi connectivity index (χ1v) is 6.03. The van der Waals surface area contributed by atoms with Crippen LogP contribution < -0.4 is 5.32 Å². The van der Waals surface area contributed by atoms with Crippen LogP contribution >= 0.6 is 0 Å². The number of rotatable bonds is 6. The van der Waals surface area contributed by atoms with Gasteiger partial charge in [-0.2, -0.15) is 0 Å². The zero-order valence-electron chi connectivity index (χ0n) is 11.4. The summed E-state index contributed by atoms with van der Waals surface area (Å²) in [4.78, 5) is 12.0. The van der Waals surface area contributed by atoms with Crippen molar-refractivity contribution in [3.8, 4) is 0 Å². The number of nitrogens with one attached hydrogen (secondary N) is 1. The van der Waals surface area contributed by atoms with E-state index >= 15 is 0 Å². The van der Waals surface area contributed by atoms with E-state index in [1.807, 2.05) is 31.2 Å². The monoisotopic (exact) mass is 251 g/mol. The highest BCUT2D eigenvalue weighted by molar-refractivity contribution is 5.97. The van der Waals surface area contributed by atoms with Crippen LogP contribution in [0.2, 0.25) is 0 Å². The van der Waals surface area contributed by atoms with Gasteiger partial charge in [0.1, 0.15) is 5.60 Å². The lowest BCUT2D eigenvalue weighted by Crippen LogP contribution is -2.39. The van der Waals surface area contributed by atoms with Crippen molar-refractivity contribution in [1.29, 1.82) is 0 Å². The average molecular weight is 251 g/mol. The number of carbonyl (C=O) groups is 1. The van der Waals surface area contributed by atoms with E-state index in [1.165, 1.54) is 7.11 Å². The number of hydrogen-bond donors (Lipinski definition) is 1. The van der Waals surface area contributed by atoms with Gasteiger partial charge in [0.25, 0.3) is 5.91 Å². The van der Waals surface area contributed by atoms with Gasteiger partial charge < -0.3 is 14.8 Å². The van der Waals surface area contributed by atoms with Gasteiger partial charge in [0.2, 0.25) is 0 Å². The zero-order chi connectivity index (χ0) is 13.6. The predicted octanol–water partition coefficient (Wildman–Crippen LogP) is 2.59. The maximum absolute atomic E-state index is 12.0. The lowest BCUT2D eigenvalue weighted by Gasteiger charge is -2.22. The summed E-state index contributed by atoms with van der Waals surface area (Å²) < 4.78 is 10.5. The zero-order valence-corrected chi connectivity index (χ0v) is 11.4. The topological polar surface area (TPSA) is 47.6 Å². The van der Waals surface area contributed by atoms with Crippen LogP contribution in [0, 0.1) is 0 Å². The number of methoxy groups -OCH3 is 1. The molecule has 0 saturated carbocycles. The van der Waals surface area contributed by atoms with Gasteiger partial charge in [-0.1, -0.05) is 18.2 Å². The lowest BCUT2D eigenvalue weighted by atomic mass is 10.1. The number of ether oxygens (including phenoxy) is 2. The molecule has 0 radical (unpaired) electrons. The van der Waals surface area contributed by atoms with Crippen LogP contribution in [-0.4, -0.2) is 25.2 Å². The standard InChI is InChI=1S/C14H21NO3/c1-5-18-10-11-8-6-7-9-12(11)15-13(16)14(2,3)17-4/h6-9H,5,10H2,1-4H3,(H,15,16). The van der Waals surface area contributed by atoms with Crippen molar-refractivity contribution >= 4 is 11.6 Å². The fraction of sp³-hybridized carbons (Fsp3) is 0.500. The normalized spacial score (nSPS) is 11.3. The maximum atomic E-state index is 12.0. The summed E-state index contributed by atoms with van der Waals surface area (Å²) in [6.45, 7) is 6.53. The molecule has 1 rings (SSSR count). The Hall–Kier alpha value is -1.39. The highest BCUT2D eigenvalue weighted by atomic mass is 16.5. The average Bonchev–Trinajstić information content (AvgIpc) is 2.37. The van der Waals surface area contributed by atoms with Crippen LogP contribution in [0.4, 0.5) is 5.69 Å². The molecule has 0 aliphatic carbocycles. The lowest BCUT2D eigenvalue weighted by molar-refractivity contribution is -0.133. The molecule has 1 aromatic rings. The summed E-state index contributed by atoms with van der Waals surface area (Å²) in [6.07, 6.45) is 0. The summed E-state index contributed by atoms with van der Waals surface area (Å²) in [5.41, 5.74) is 0.874. The van der Waals surface area contributed by atoms with Gasteiger partial charge in [0, 0.05) is 25.0 Å². The highest BCUT2D eigenvalue weighted by Gasteiger charge is 2.27. The van der Waals surface area contributed by atoms with Crippen molar-refractivity contribution in [2.45, 2.75) is 33.0 Å². The summed E-state index contributed by atoms with van der Waals surface area (Å²) in [6, 6.07) is 7.60. The van der Waals surface area contributed by atoms with Crippen molar-refractivity contribution in [1.82, 2.24) is 0 Å². The maximum Gasteiger partial charge on any atom is 0.256 e. The molecule has 0 heterocycles. The molecule has 0 aromatic heterocycles. The Morgan fingerprint density at radius 2 is 2.00 bits per heavy atom. The molecule has 0 fully saturated rings. The molecular formula is C14H21NO3.